The zero-order valence-electron chi connectivity index (χ0n) is 18.6. The van der Waals surface area contributed by atoms with Gasteiger partial charge in [0.15, 0.2) is 5.96 Å². The Morgan fingerprint density at radius 3 is 2.50 bits per heavy atom. The quantitative estimate of drug-likeness (QED) is 0.209. The Balaban J connectivity index is 0.00000729. The van der Waals surface area contributed by atoms with Crippen molar-refractivity contribution in [3.8, 4) is 5.75 Å². The van der Waals surface area contributed by atoms with Crippen LogP contribution in [-0.2, 0) is 11.3 Å². The van der Waals surface area contributed by atoms with Gasteiger partial charge in [0.05, 0.1) is 13.2 Å². The van der Waals surface area contributed by atoms with E-state index in [9.17, 15) is 0 Å². The lowest BCUT2D eigenvalue weighted by Gasteiger charge is -2.29. The van der Waals surface area contributed by atoms with Gasteiger partial charge in [0.1, 0.15) is 12.4 Å². The summed E-state index contributed by atoms with van der Waals surface area (Å²) in [5.74, 6) is 1.70. The molecule has 0 amide bonds. The topological polar surface area (TPSA) is 58.1 Å². The van der Waals surface area contributed by atoms with Crippen LogP contribution in [0.15, 0.2) is 23.2 Å². The third-order valence-electron chi connectivity index (χ3n) is 4.00. The summed E-state index contributed by atoms with van der Waals surface area (Å²) < 4.78 is 10.9. The number of aryl methyl sites for hydroxylation is 1. The molecule has 28 heavy (non-hydrogen) atoms. The maximum Gasteiger partial charge on any atom is 0.191 e. The van der Waals surface area contributed by atoms with Crippen LogP contribution in [0.4, 0.5) is 0 Å². The molecule has 0 heterocycles. The predicted molar refractivity (Wildman–Crippen MR) is 129 cm³/mol. The van der Waals surface area contributed by atoms with Gasteiger partial charge in [0.2, 0.25) is 0 Å². The van der Waals surface area contributed by atoms with Crippen molar-refractivity contribution < 1.29 is 9.47 Å². The summed E-state index contributed by atoms with van der Waals surface area (Å²) in [6, 6.07) is 6.23. The van der Waals surface area contributed by atoms with Gasteiger partial charge in [-0.3, -0.25) is 0 Å². The highest BCUT2D eigenvalue weighted by molar-refractivity contribution is 14.0. The molecule has 0 aliphatic rings. The molecule has 1 aromatic carbocycles. The smallest absolute Gasteiger partial charge is 0.191 e. The second-order valence-corrected chi connectivity index (χ2v) is 7.90. The zero-order valence-corrected chi connectivity index (χ0v) is 20.9. The van der Waals surface area contributed by atoms with Crippen LogP contribution in [-0.4, -0.2) is 64.9 Å². The second kappa shape index (κ2) is 14.0. The third-order valence-corrected chi connectivity index (χ3v) is 4.00. The molecule has 0 aromatic heterocycles. The lowest BCUT2D eigenvalue weighted by molar-refractivity contribution is 0.145. The number of aliphatic imine (C=N–C) groups is 1. The first kappa shape index (κ1) is 26.9. The Bertz CT molecular complexity index is 592. The molecule has 2 N–H and O–H groups in total. The molecule has 0 radical (unpaired) electrons. The molecule has 1 rings (SSSR count). The van der Waals surface area contributed by atoms with E-state index in [4.69, 9.17) is 14.5 Å². The van der Waals surface area contributed by atoms with Crippen LogP contribution in [0.3, 0.4) is 0 Å². The summed E-state index contributed by atoms with van der Waals surface area (Å²) in [4.78, 5) is 6.96. The Hall–Kier alpha value is -1.06. The summed E-state index contributed by atoms with van der Waals surface area (Å²) in [7, 11) is 5.88. The number of hydrogen-bond acceptors (Lipinski definition) is 4. The van der Waals surface area contributed by atoms with Crippen molar-refractivity contribution >= 4 is 29.9 Å². The van der Waals surface area contributed by atoms with Gasteiger partial charge in [-0.2, -0.15) is 0 Å². The standard InChI is InChI=1S/C21H38N4O2.HI/c1-8-22-20(24-15-21(3,4)16-25(5)6)23-14-18-10-9-17(2)13-19(18)27-12-11-26-7;/h9-10,13H,8,11-12,14-16H2,1-7H3,(H2,22,23,24);1H. The lowest BCUT2D eigenvalue weighted by Crippen LogP contribution is -2.44. The number of benzene rings is 1. The highest BCUT2D eigenvalue weighted by atomic mass is 127. The molecular formula is C21H39IN4O2. The number of guanidine groups is 1. The first-order valence-corrected chi connectivity index (χ1v) is 9.65. The monoisotopic (exact) mass is 506 g/mol. The van der Waals surface area contributed by atoms with Gasteiger partial charge in [-0.05, 0) is 45.0 Å². The van der Waals surface area contributed by atoms with Crippen molar-refractivity contribution in [1.82, 2.24) is 15.5 Å². The van der Waals surface area contributed by atoms with Gasteiger partial charge >= 0.3 is 0 Å². The van der Waals surface area contributed by atoms with Gasteiger partial charge in [-0.1, -0.05) is 26.0 Å². The SMILES string of the molecule is CCNC(=NCc1ccc(C)cc1OCCOC)NCC(C)(C)CN(C)C.I. The van der Waals surface area contributed by atoms with E-state index >= 15 is 0 Å². The summed E-state index contributed by atoms with van der Waals surface area (Å²) in [6.07, 6.45) is 0. The summed E-state index contributed by atoms with van der Waals surface area (Å²) in [6.45, 7) is 13.0. The molecule has 0 unspecified atom stereocenters. The van der Waals surface area contributed by atoms with E-state index in [1.807, 2.05) is 0 Å². The van der Waals surface area contributed by atoms with Crippen molar-refractivity contribution in [2.45, 2.75) is 34.2 Å². The minimum Gasteiger partial charge on any atom is -0.491 e. The highest BCUT2D eigenvalue weighted by Gasteiger charge is 2.19. The highest BCUT2D eigenvalue weighted by Crippen LogP contribution is 2.21. The number of rotatable bonds is 11. The van der Waals surface area contributed by atoms with Gasteiger partial charge in [0, 0.05) is 32.3 Å². The van der Waals surface area contributed by atoms with Crippen molar-refractivity contribution in [3.05, 3.63) is 29.3 Å². The van der Waals surface area contributed by atoms with Crippen LogP contribution >= 0.6 is 24.0 Å². The Kier molecular flexibility index (Phi) is 13.5. The minimum atomic E-state index is 0. The maximum absolute atomic E-state index is 5.87. The van der Waals surface area contributed by atoms with Gasteiger partial charge in [-0.25, -0.2) is 4.99 Å². The Morgan fingerprint density at radius 1 is 1.18 bits per heavy atom. The number of nitrogens with one attached hydrogen (secondary N) is 2. The van der Waals surface area contributed by atoms with E-state index in [1.54, 1.807) is 7.11 Å². The van der Waals surface area contributed by atoms with Crippen molar-refractivity contribution in [2.75, 3.05) is 54.1 Å². The van der Waals surface area contributed by atoms with E-state index in [-0.39, 0.29) is 29.4 Å². The van der Waals surface area contributed by atoms with Gasteiger partial charge in [0.25, 0.3) is 0 Å². The molecule has 0 spiro atoms. The number of ether oxygens (including phenoxy) is 2. The molecular weight excluding hydrogens is 467 g/mol. The van der Waals surface area contributed by atoms with E-state index in [1.165, 1.54) is 5.56 Å². The summed E-state index contributed by atoms with van der Waals surface area (Å²) >= 11 is 0. The molecule has 0 fully saturated rings. The van der Waals surface area contributed by atoms with E-state index in [0.29, 0.717) is 19.8 Å². The van der Waals surface area contributed by atoms with Crippen LogP contribution in [0.1, 0.15) is 31.9 Å². The second-order valence-electron chi connectivity index (χ2n) is 7.90. The minimum absolute atomic E-state index is 0. The van der Waals surface area contributed by atoms with E-state index in [0.717, 1.165) is 36.9 Å². The fourth-order valence-electron chi connectivity index (χ4n) is 2.90. The van der Waals surface area contributed by atoms with Crippen LogP contribution in [0.25, 0.3) is 0 Å². The Morgan fingerprint density at radius 2 is 1.89 bits per heavy atom. The molecule has 0 aliphatic heterocycles. The molecule has 0 saturated carbocycles. The first-order chi connectivity index (χ1) is 12.8. The zero-order chi connectivity index (χ0) is 20.3. The van der Waals surface area contributed by atoms with E-state index < -0.39 is 0 Å². The lowest BCUT2D eigenvalue weighted by atomic mass is 9.93. The molecule has 0 aliphatic carbocycles. The van der Waals surface area contributed by atoms with Crippen LogP contribution in [0.5, 0.6) is 5.75 Å². The average Bonchev–Trinajstić information content (AvgIpc) is 2.58. The summed E-state index contributed by atoms with van der Waals surface area (Å²) in [5, 5.41) is 6.80. The van der Waals surface area contributed by atoms with Crippen LogP contribution < -0.4 is 15.4 Å². The fourth-order valence-corrected chi connectivity index (χ4v) is 2.90. The normalized spacial score (nSPS) is 11.9. The molecule has 162 valence electrons. The van der Waals surface area contributed by atoms with Crippen molar-refractivity contribution in [1.29, 1.82) is 0 Å². The van der Waals surface area contributed by atoms with Crippen molar-refractivity contribution in [3.63, 3.8) is 0 Å². The first-order valence-electron chi connectivity index (χ1n) is 9.65. The largest absolute Gasteiger partial charge is 0.491 e. The molecule has 0 bridgehead atoms. The van der Waals surface area contributed by atoms with Gasteiger partial charge in [-0.15, -0.1) is 24.0 Å². The maximum atomic E-state index is 5.87. The Labute approximate surface area is 188 Å². The number of methoxy groups -OCH3 is 1. The fraction of sp³-hybridized carbons (Fsp3) is 0.667. The molecule has 1 aromatic rings. The number of hydrogen-bond donors (Lipinski definition) is 2. The average molecular weight is 506 g/mol. The summed E-state index contributed by atoms with van der Waals surface area (Å²) in [5.41, 5.74) is 2.39. The van der Waals surface area contributed by atoms with Crippen molar-refractivity contribution in [2.24, 2.45) is 10.4 Å². The molecule has 6 nitrogen and oxygen atoms in total. The molecule has 0 atom stereocenters. The van der Waals surface area contributed by atoms with Crippen LogP contribution in [0.2, 0.25) is 0 Å². The molecule has 7 heteroatoms. The predicted octanol–water partition coefficient (Wildman–Crippen LogP) is 3.28. The van der Waals surface area contributed by atoms with Gasteiger partial charge < -0.3 is 25.0 Å². The van der Waals surface area contributed by atoms with E-state index in [2.05, 4.69) is 75.5 Å². The van der Waals surface area contributed by atoms with Crippen LogP contribution in [0, 0.1) is 12.3 Å². The number of halogens is 1. The molecule has 0 saturated heterocycles. The third kappa shape index (κ3) is 11.1. The number of nitrogens with zero attached hydrogens (tertiary/aromatic N) is 2.